The molecule has 0 aromatic heterocycles. The van der Waals surface area contributed by atoms with Gasteiger partial charge in [-0.05, 0) is 17.7 Å². The Kier molecular flexibility index (Phi) is 5.36. The Labute approximate surface area is 126 Å². The Morgan fingerprint density at radius 1 is 0.952 bits per heavy atom. The second kappa shape index (κ2) is 7.24. The van der Waals surface area contributed by atoms with E-state index < -0.39 is 10.0 Å². The molecule has 112 valence electrons. The van der Waals surface area contributed by atoms with Crippen molar-refractivity contribution in [3.63, 3.8) is 0 Å². The minimum absolute atomic E-state index is 0.0365. The second-order valence-electron chi connectivity index (χ2n) is 4.72. The number of hydrogen-bond acceptors (Lipinski definition) is 3. The molecule has 0 fully saturated rings. The molecule has 0 aliphatic carbocycles. The topological polar surface area (TPSA) is 46.6 Å². The molecule has 0 saturated heterocycles. The normalized spacial score (nSPS) is 11.5. The SMILES string of the molecule is CN(Cc1ccccc1)S(=O)(=O)CCOc1ccccc1. The quantitative estimate of drug-likeness (QED) is 0.789. The van der Waals surface area contributed by atoms with Gasteiger partial charge in [-0.1, -0.05) is 48.5 Å². The smallest absolute Gasteiger partial charge is 0.217 e. The third-order valence-corrected chi connectivity index (χ3v) is 4.84. The molecule has 4 nitrogen and oxygen atoms in total. The molecule has 0 radical (unpaired) electrons. The maximum atomic E-state index is 12.2. The molecule has 0 aliphatic heterocycles. The standard InChI is InChI=1S/C16H19NO3S/c1-17(14-15-8-4-2-5-9-15)21(18,19)13-12-20-16-10-6-3-7-11-16/h2-11H,12-14H2,1H3. The summed E-state index contributed by atoms with van der Waals surface area (Å²) in [6.45, 7) is 0.514. The molecule has 0 amide bonds. The van der Waals surface area contributed by atoms with Crippen LogP contribution in [-0.4, -0.2) is 32.1 Å². The summed E-state index contributed by atoms with van der Waals surface area (Å²) in [6, 6.07) is 18.7. The van der Waals surface area contributed by atoms with Gasteiger partial charge in [-0.25, -0.2) is 12.7 Å². The van der Waals surface area contributed by atoms with E-state index in [4.69, 9.17) is 4.74 Å². The molecule has 0 heterocycles. The Balaban J connectivity index is 1.86. The molecular formula is C16H19NO3S. The molecule has 21 heavy (non-hydrogen) atoms. The number of hydrogen-bond donors (Lipinski definition) is 0. The zero-order valence-electron chi connectivity index (χ0n) is 12.0. The highest BCUT2D eigenvalue weighted by atomic mass is 32.2. The van der Waals surface area contributed by atoms with E-state index >= 15 is 0 Å². The highest BCUT2D eigenvalue weighted by molar-refractivity contribution is 7.89. The number of para-hydroxylation sites is 1. The van der Waals surface area contributed by atoms with E-state index in [1.807, 2.05) is 48.5 Å². The lowest BCUT2D eigenvalue weighted by molar-refractivity contribution is 0.336. The van der Waals surface area contributed by atoms with Crippen LogP contribution >= 0.6 is 0 Å². The van der Waals surface area contributed by atoms with Crippen LogP contribution < -0.4 is 4.74 Å². The van der Waals surface area contributed by atoms with Crippen LogP contribution in [0.5, 0.6) is 5.75 Å². The first-order chi connectivity index (χ1) is 10.1. The van der Waals surface area contributed by atoms with E-state index in [0.29, 0.717) is 12.3 Å². The van der Waals surface area contributed by atoms with E-state index in [0.717, 1.165) is 5.56 Å². The minimum Gasteiger partial charge on any atom is -0.492 e. The number of benzene rings is 2. The van der Waals surface area contributed by atoms with Crippen LogP contribution in [0.25, 0.3) is 0 Å². The summed E-state index contributed by atoms with van der Waals surface area (Å²) in [5.41, 5.74) is 0.965. The van der Waals surface area contributed by atoms with Crippen LogP contribution in [0.3, 0.4) is 0 Å². The van der Waals surface area contributed by atoms with Gasteiger partial charge in [-0.2, -0.15) is 0 Å². The minimum atomic E-state index is -3.32. The van der Waals surface area contributed by atoms with Gasteiger partial charge >= 0.3 is 0 Å². The largest absolute Gasteiger partial charge is 0.492 e. The molecule has 0 saturated carbocycles. The first-order valence-electron chi connectivity index (χ1n) is 6.74. The van der Waals surface area contributed by atoms with Crippen molar-refractivity contribution >= 4 is 10.0 Å². The maximum absolute atomic E-state index is 12.2. The molecular weight excluding hydrogens is 286 g/mol. The van der Waals surface area contributed by atoms with Crippen molar-refractivity contribution in [3.05, 3.63) is 66.2 Å². The van der Waals surface area contributed by atoms with Crippen LogP contribution in [0.1, 0.15) is 5.56 Å². The molecule has 0 bridgehead atoms. The van der Waals surface area contributed by atoms with Crippen LogP contribution in [0, 0.1) is 0 Å². The van der Waals surface area contributed by atoms with Gasteiger partial charge in [0.2, 0.25) is 10.0 Å². The molecule has 0 unspecified atom stereocenters. The molecule has 2 aromatic rings. The summed E-state index contributed by atoms with van der Waals surface area (Å²) in [7, 11) is -1.73. The maximum Gasteiger partial charge on any atom is 0.217 e. The Morgan fingerprint density at radius 2 is 1.52 bits per heavy atom. The number of sulfonamides is 1. The van der Waals surface area contributed by atoms with E-state index in [1.165, 1.54) is 4.31 Å². The highest BCUT2D eigenvalue weighted by Crippen LogP contribution is 2.10. The van der Waals surface area contributed by atoms with Gasteiger partial charge < -0.3 is 4.74 Å². The number of nitrogens with zero attached hydrogens (tertiary/aromatic N) is 1. The van der Waals surface area contributed by atoms with Crippen molar-refractivity contribution in [2.45, 2.75) is 6.54 Å². The van der Waals surface area contributed by atoms with Gasteiger partial charge in [-0.3, -0.25) is 0 Å². The summed E-state index contributed by atoms with van der Waals surface area (Å²) in [5, 5.41) is 0. The number of ether oxygens (including phenoxy) is 1. The van der Waals surface area contributed by atoms with E-state index in [1.54, 1.807) is 19.2 Å². The first-order valence-corrected chi connectivity index (χ1v) is 8.34. The van der Waals surface area contributed by atoms with Gasteiger partial charge in [0, 0.05) is 13.6 Å². The fraction of sp³-hybridized carbons (Fsp3) is 0.250. The third-order valence-electron chi connectivity index (χ3n) is 3.08. The first kappa shape index (κ1) is 15.5. The fourth-order valence-electron chi connectivity index (χ4n) is 1.88. The lowest BCUT2D eigenvalue weighted by Gasteiger charge is -2.17. The van der Waals surface area contributed by atoms with Gasteiger partial charge in [0.25, 0.3) is 0 Å². The highest BCUT2D eigenvalue weighted by Gasteiger charge is 2.18. The lowest BCUT2D eigenvalue weighted by Crippen LogP contribution is -2.31. The zero-order chi connectivity index (χ0) is 15.1. The van der Waals surface area contributed by atoms with Crippen LogP contribution in [-0.2, 0) is 16.6 Å². The summed E-state index contributed by atoms with van der Waals surface area (Å²) in [6.07, 6.45) is 0. The summed E-state index contributed by atoms with van der Waals surface area (Å²) >= 11 is 0. The van der Waals surface area contributed by atoms with Gasteiger partial charge in [0.1, 0.15) is 12.4 Å². The van der Waals surface area contributed by atoms with Crippen molar-refractivity contribution in [3.8, 4) is 5.75 Å². The summed E-state index contributed by atoms with van der Waals surface area (Å²) in [4.78, 5) is 0. The second-order valence-corrected chi connectivity index (χ2v) is 6.91. The zero-order valence-corrected chi connectivity index (χ0v) is 12.8. The summed E-state index contributed by atoms with van der Waals surface area (Å²) in [5.74, 6) is 0.643. The van der Waals surface area contributed by atoms with E-state index in [2.05, 4.69) is 0 Å². The monoisotopic (exact) mass is 305 g/mol. The van der Waals surface area contributed by atoms with Crippen molar-refractivity contribution in [2.75, 3.05) is 19.4 Å². The predicted molar refractivity (Wildman–Crippen MR) is 83.6 cm³/mol. The molecule has 2 aromatic carbocycles. The Bertz CT molecular complexity index is 642. The van der Waals surface area contributed by atoms with Crippen LogP contribution in [0.4, 0.5) is 0 Å². The fourth-order valence-corrected chi connectivity index (χ4v) is 2.83. The van der Waals surface area contributed by atoms with Crippen LogP contribution in [0.15, 0.2) is 60.7 Å². The van der Waals surface area contributed by atoms with Crippen molar-refractivity contribution in [2.24, 2.45) is 0 Å². The lowest BCUT2D eigenvalue weighted by atomic mass is 10.2. The average Bonchev–Trinajstić information content (AvgIpc) is 2.49. The van der Waals surface area contributed by atoms with Crippen molar-refractivity contribution in [1.82, 2.24) is 4.31 Å². The third kappa shape index (κ3) is 4.88. The van der Waals surface area contributed by atoms with Gasteiger partial charge in [-0.15, -0.1) is 0 Å². The van der Waals surface area contributed by atoms with Crippen LogP contribution in [0.2, 0.25) is 0 Å². The van der Waals surface area contributed by atoms with Crippen molar-refractivity contribution < 1.29 is 13.2 Å². The number of rotatable bonds is 7. The van der Waals surface area contributed by atoms with Crippen molar-refractivity contribution in [1.29, 1.82) is 0 Å². The van der Waals surface area contributed by atoms with Gasteiger partial charge in [0.05, 0.1) is 5.75 Å². The Morgan fingerprint density at radius 3 is 2.14 bits per heavy atom. The molecule has 0 spiro atoms. The predicted octanol–water partition coefficient (Wildman–Crippen LogP) is 2.53. The molecule has 0 aliphatic rings. The molecule has 5 heteroatoms. The average molecular weight is 305 g/mol. The molecule has 0 atom stereocenters. The summed E-state index contributed by atoms with van der Waals surface area (Å²) < 4.78 is 31.1. The van der Waals surface area contributed by atoms with Gasteiger partial charge in [0.15, 0.2) is 0 Å². The molecule has 2 rings (SSSR count). The van der Waals surface area contributed by atoms with E-state index in [-0.39, 0.29) is 12.4 Å². The Hall–Kier alpha value is -1.85. The van der Waals surface area contributed by atoms with E-state index in [9.17, 15) is 8.42 Å². The molecule has 0 N–H and O–H groups in total.